The molecule has 1 aromatic rings. The van der Waals surface area contributed by atoms with Crippen molar-refractivity contribution < 1.29 is 23.8 Å². The van der Waals surface area contributed by atoms with Gasteiger partial charge >= 0.3 is 11.9 Å². The van der Waals surface area contributed by atoms with Crippen molar-refractivity contribution >= 4 is 11.9 Å². The van der Waals surface area contributed by atoms with Gasteiger partial charge in [0.2, 0.25) is 0 Å². The molecule has 0 atom stereocenters. The van der Waals surface area contributed by atoms with Gasteiger partial charge in [-0.2, -0.15) is 0 Å². The molecule has 0 saturated carbocycles. The fourth-order valence-corrected chi connectivity index (χ4v) is 1.27. The summed E-state index contributed by atoms with van der Waals surface area (Å²) in [5, 5.41) is 2.40. The first kappa shape index (κ1) is 14.8. The molecule has 0 radical (unpaired) electrons. The molecule has 6 heteroatoms. The van der Waals surface area contributed by atoms with Crippen LogP contribution in [-0.2, 0) is 14.3 Å². The average molecular weight is 267 g/mol. The molecule has 0 aromatic heterocycles. The van der Waals surface area contributed by atoms with Gasteiger partial charge in [-0.1, -0.05) is 0 Å². The molecule has 0 unspecified atom stereocenters. The van der Waals surface area contributed by atoms with E-state index >= 15 is 0 Å². The smallest absolute Gasteiger partial charge is 0.396 e. The van der Waals surface area contributed by atoms with E-state index in [9.17, 15) is 9.59 Å². The lowest BCUT2D eigenvalue weighted by molar-refractivity contribution is -0.154. The van der Waals surface area contributed by atoms with Crippen LogP contribution in [0.5, 0.6) is 11.5 Å². The van der Waals surface area contributed by atoms with Crippen LogP contribution in [0.2, 0.25) is 0 Å². The summed E-state index contributed by atoms with van der Waals surface area (Å²) in [7, 11) is 1.58. The van der Waals surface area contributed by atoms with Gasteiger partial charge in [0.05, 0.1) is 20.3 Å². The quantitative estimate of drug-likeness (QED) is 0.468. The highest BCUT2D eigenvalue weighted by Crippen LogP contribution is 2.16. The van der Waals surface area contributed by atoms with Crippen LogP contribution in [0.1, 0.15) is 6.92 Å². The number of carbonyl (C=O) groups is 2. The van der Waals surface area contributed by atoms with Gasteiger partial charge in [-0.25, -0.2) is 4.79 Å². The second kappa shape index (κ2) is 7.97. The number of nitrogens with one attached hydrogen (secondary N) is 1. The normalized spacial score (nSPS) is 9.58. The van der Waals surface area contributed by atoms with Crippen LogP contribution >= 0.6 is 0 Å². The molecule has 1 N–H and O–H groups in total. The van der Waals surface area contributed by atoms with Gasteiger partial charge in [-0.05, 0) is 31.2 Å². The number of ether oxygens (including phenoxy) is 3. The predicted octanol–water partition coefficient (Wildman–Crippen LogP) is 0.753. The number of rotatable bonds is 6. The molecular weight excluding hydrogens is 250 g/mol. The van der Waals surface area contributed by atoms with E-state index in [4.69, 9.17) is 9.47 Å². The molecule has 0 aliphatic heterocycles. The van der Waals surface area contributed by atoms with E-state index < -0.39 is 11.9 Å². The Morgan fingerprint density at radius 1 is 1.16 bits per heavy atom. The molecule has 1 amide bonds. The van der Waals surface area contributed by atoms with Crippen molar-refractivity contribution in [2.75, 3.05) is 26.9 Å². The summed E-state index contributed by atoms with van der Waals surface area (Å²) < 4.78 is 14.9. The Bertz CT molecular complexity index is 416. The van der Waals surface area contributed by atoms with Crippen molar-refractivity contribution in [1.82, 2.24) is 5.32 Å². The fourth-order valence-electron chi connectivity index (χ4n) is 1.27. The molecule has 104 valence electrons. The molecule has 0 bridgehead atoms. The van der Waals surface area contributed by atoms with Crippen molar-refractivity contribution in [3.05, 3.63) is 24.3 Å². The summed E-state index contributed by atoms with van der Waals surface area (Å²) in [6, 6.07) is 7.05. The van der Waals surface area contributed by atoms with Crippen molar-refractivity contribution in [3.8, 4) is 11.5 Å². The zero-order valence-electron chi connectivity index (χ0n) is 11.0. The molecular formula is C13H17NO5. The maximum atomic E-state index is 11.2. The van der Waals surface area contributed by atoms with Gasteiger partial charge in [-0.15, -0.1) is 0 Å². The van der Waals surface area contributed by atoms with E-state index in [1.807, 2.05) is 0 Å². The van der Waals surface area contributed by atoms with E-state index in [2.05, 4.69) is 10.1 Å². The Morgan fingerprint density at radius 3 is 2.37 bits per heavy atom. The highest BCUT2D eigenvalue weighted by Gasteiger charge is 2.13. The molecule has 0 heterocycles. The molecule has 1 rings (SSSR count). The van der Waals surface area contributed by atoms with Crippen LogP contribution in [0.15, 0.2) is 24.3 Å². The van der Waals surface area contributed by atoms with Gasteiger partial charge in [0.25, 0.3) is 0 Å². The van der Waals surface area contributed by atoms with E-state index in [1.165, 1.54) is 0 Å². The number of carbonyl (C=O) groups excluding carboxylic acids is 2. The molecule has 6 nitrogen and oxygen atoms in total. The number of esters is 1. The Labute approximate surface area is 111 Å². The van der Waals surface area contributed by atoms with E-state index in [0.29, 0.717) is 5.75 Å². The molecule has 0 spiro atoms. The second-order valence-corrected chi connectivity index (χ2v) is 3.50. The minimum Gasteiger partial charge on any atom is -0.497 e. The summed E-state index contributed by atoms with van der Waals surface area (Å²) in [5.74, 6) is -0.249. The Morgan fingerprint density at radius 2 is 1.79 bits per heavy atom. The van der Waals surface area contributed by atoms with Gasteiger partial charge < -0.3 is 19.5 Å². The van der Waals surface area contributed by atoms with E-state index in [-0.39, 0.29) is 19.8 Å². The molecule has 0 aliphatic carbocycles. The number of benzene rings is 1. The van der Waals surface area contributed by atoms with Crippen LogP contribution < -0.4 is 14.8 Å². The third-order valence-corrected chi connectivity index (χ3v) is 2.18. The molecule has 0 fully saturated rings. The maximum absolute atomic E-state index is 11.2. The minimum absolute atomic E-state index is 0.175. The van der Waals surface area contributed by atoms with Crippen LogP contribution in [0.3, 0.4) is 0 Å². The Hall–Kier alpha value is -2.24. The van der Waals surface area contributed by atoms with E-state index in [1.54, 1.807) is 38.3 Å². The van der Waals surface area contributed by atoms with Gasteiger partial charge in [0, 0.05) is 0 Å². The molecule has 0 aliphatic rings. The zero-order valence-corrected chi connectivity index (χ0v) is 11.0. The third kappa shape index (κ3) is 5.29. The summed E-state index contributed by atoms with van der Waals surface area (Å²) in [6.07, 6.45) is 0. The average Bonchev–Trinajstić information content (AvgIpc) is 2.44. The first-order valence-corrected chi connectivity index (χ1v) is 5.89. The lowest BCUT2D eigenvalue weighted by Gasteiger charge is -2.08. The monoisotopic (exact) mass is 267 g/mol. The SMILES string of the molecule is CCOC(=O)C(=O)NCCOc1ccc(OC)cc1. The predicted molar refractivity (Wildman–Crippen MR) is 68.1 cm³/mol. The fraction of sp³-hybridized carbons (Fsp3) is 0.385. The van der Waals surface area contributed by atoms with Crippen LogP contribution in [-0.4, -0.2) is 38.7 Å². The number of amides is 1. The second-order valence-electron chi connectivity index (χ2n) is 3.50. The van der Waals surface area contributed by atoms with Crippen LogP contribution in [0.25, 0.3) is 0 Å². The standard InChI is InChI=1S/C13H17NO5/c1-3-18-13(16)12(15)14-8-9-19-11-6-4-10(17-2)5-7-11/h4-7H,3,8-9H2,1-2H3,(H,14,15). The van der Waals surface area contributed by atoms with E-state index in [0.717, 1.165) is 5.75 Å². The minimum atomic E-state index is -0.882. The van der Waals surface area contributed by atoms with Crippen molar-refractivity contribution in [3.63, 3.8) is 0 Å². The molecule has 19 heavy (non-hydrogen) atoms. The highest BCUT2D eigenvalue weighted by atomic mass is 16.5. The van der Waals surface area contributed by atoms with Crippen molar-refractivity contribution in [2.45, 2.75) is 6.92 Å². The summed E-state index contributed by atoms with van der Waals surface area (Å²) in [4.78, 5) is 22.2. The largest absolute Gasteiger partial charge is 0.497 e. The summed E-state index contributed by atoms with van der Waals surface area (Å²) in [5.41, 5.74) is 0. The first-order chi connectivity index (χ1) is 9.17. The first-order valence-electron chi connectivity index (χ1n) is 5.89. The summed E-state index contributed by atoms with van der Waals surface area (Å²) >= 11 is 0. The number of hydrogen-bond donors (Lipinski definition) is 1. The Kier molecular flexibility index (Phi) is 6.21. The number of hydrogen-bond acceptors (Lipinski definition) is 5. The van der Waals surface area contributed by atoms with Crippen molar-refractivity contribution in [2.24, 2.45) is 0 Å². The number of methoxy groups -OCH3 is 1. The van der Waals surface area contributed by atoms with Gasteiger partial charge in [0.1, 0.15) is 18.1 Å². The third-order valence-electron chi connectivity index (χ3n) is 2.18. The van der Waals surface area contributed by atoms with Gasteiger partial charge in [-0.3, -0.25) is 4.79 Å². The lowest BCUT2D eigenvalue weighted by atomic mass is 10.3. The lowest BCUT2D eigenvalue weighted by Crippen LogP contribution is -2.35. The Balaban J connectivity index is 2.23. The van der Waals surface area contributed by atoms with Gasteiger partial charge in [0.15, 0.2) is 0 Å². The summed E-state index contributed by atoms with van der Waals surface area (Å²) in [6.45, 7) is 2.30. The zero-order chi connectivity index (χ0) is 14.1. The highest BCUT2D eigenvalue weighted by molar-refractivity contribution is 6.32. The van der Waals surface area contributed by atoms with Crippen LogP contribution in [0.4, 0.5) is 0 Å². The van der Waals surface area contributed by atoms with Crippen molar-refractivity contribution in [1.29, 1.82) is 0 Å². The maximum Gasteiger partial charge on any atom is 0.396 e. The van der Waals surface area contributed by atoms with Crippen LogP contribution in [0, 0.1) is 0 Å². The molecule has 0 saturated heterocycles. The molecule has 1 aromatic carbocycles. The topological polar surface area (TPSA) is 73.9 Å².